The van der Waals surface area contributed by atoms with Crippen LogP contribution in [0.2, 0.25) is 5.02 Å². The molecule has 1 saturated heterocycles. The number of nitrogens with zero attached hydrogens (tertiary/aromatic N) is 3. The van der Waals surface area contributed by atoms with Crippen LogP contribution < -0.4 is 15.3 Å². The molecule has 2 aromatic carbocycles. The van der Waals surface area contributed by atoms with Gasteiger partial charge in [0.25, 0.3) is 15.6 Å². The molecule has 1 atom stereocenters. The Kier molecular flexibility index (Phi) is 8.28. The van der Waals surface area contributed by atoms with Gasteiger partial charge in [0.2, 0.25) is 0 Å². The molecule has 1 aromatic heterocycles. The molecule has 0 unspecified atom stereocenters. The third-order valence-corrected chi connectivity index (χ3v) is 8.23. The van der Waals surface area contributed by atoms with Crippen LogP contribution in [-0.2, 0) is 24.4 Å². The molecule has 10 nitrogen and oxygen atoms in total. The van der Waals surface area contributed by atoms with Crippen LogP contribution in [-0.4, -0.2) is 49.1 Å². The number of anilines is 3. The number of carbonyl (C=O) groups excluding carboxylic acids is 1. The Morgan fingerprint density at radius 1 is 1.30 bits per heavy atom. The molecule has 0 radical (unpaired) electrons. The maximum Gasteiger partial charge on any atom is 0.493 e. The van der Waals surface area contributed by atoms with E-state index in [1.807, 2.05) is 0 Å². The molecule has 3 aromatic rings. The maximum atomic E-state index is 15.0. The first kappa shape index (κ1) is 29.6. The second kappa shape index (κ2) is 11.2. The summed E-state index contributed by atoms with van der Waals surface area (Å²) in [5.41, 5.74) is -0.740. The van der Waals surface area contributed by atoms with Gasteiger partial charge in [-0.3, -0.25) is 9.36 Å². The zero-order valence-corrected chi connectivity index (χ0v) is 22.7. The first-order valence-electron chi connectivity index (χ1n) is 11.9. The Morgan fingerprint density at radius 2 is 2.02 bits per heavy atom. The molecule has 2 heterocycles. The lowest BCUT2D eigenvalue weighted by molar-refractivity contribution is -0.199. The molecule has 0 bridgehead atoms. The predicted octanol–water partition coefficient (Wildman–Crippen LogP) is 4.77. The SMILES string of the molecule is CCCS(=O)(=O)N(OC(=O)C(F)(F)F)c1ccc(F)c(Nc2ccc3ncn([C@H]4CCOC4)c(=O)c3c2C)c1Cl. The summed E-state index contributed by atoms with van der Waals surface area (Å²) in [6.07, 6.45) is -3.53. The van der Waals surface area contributed by atoms with Gasteiger partial charge in [-0.05, 0) is 49.6 Å². The van der Waals surface area contributed by atoms with Gasteiger partial charge in [0.05, 0.1) is 46.3 Å². The van der Waals surface area contributed by atoms with E-state index in [1.54, 1.807) is 6.92 Å². The van der Waals surface area contributed by atoms with Gasteiger partial charge in [0.1, 0.15) is 11.5 Å². The molecule has 0 aliphatic carbocycles. The molecule has 0 spiro atoms. The number of aryl methyl sites for hydroxylation is 1. The minimum absolute atomic E-state index is 0.0405. The third kappa shape index (κ3) is 5.71. The molecule has 40 heavy (non-hydrogen) atoms. The van der Waals surface area contributed by atoms with Crippen LogP contribution in [0, 0.1) is 12.7 Å². The van der Waals surface area contributed by atoms with E-state index >= 15 is 0 Å². The lowest BCUT2D eigenvalue weighted by Gasteiger charge is -2.25. The minimum atomic E-state index is -5.53. The molecule has 1 aliphatic heterocycles. The van der Waals surface area contributed by atoms with Crippen molar-refractivity contribution in [2.24, 2.45) is 0 Å². The van der Waals surface area contributed by atoms with Crippen LogP contribution >= 0.6 is 11.6 Å². The Bertz CT molecular complexity index is 1620. The number of halogens is 5. The van der Waals surface area contributed by atoms with E-state index in [1.165, 1.54) is 30.0 Å². The van der Waals surface area contributed by atoms with Gasteiger partial charge in [-0.2, -0.15) is 13.2 Å². The minimum Gasteiger partial charge on any atom is -0.379 e. The average Bonchev–Trinajstić information content (AvgIpc) is 3.41. The van der Waals surface area contributed by atoms with Crippen molar-refractivity contribution in [3.05, 3.63) is 57.3 Å². The fraction of sp³-hybridized carbons (Fsp3) is 0.375. The number of sulfonamides is 1. The van der Waals surface area contributed by atoms with Gasteiger partial charge in [-0.1, -0.05) is 23.0 Å². The van der Waals surface area contributed by atoms with Crippen molar-refractivity contribution in [2.75, 3.05) is 28.8 Å². The fourth-order valence-electron chi connectivity index (χ4n) is 4.17. The van der Waals surface area contributed by atoms with E-state index in [0.717, 1.165) is 12.1 Å². The van der Waals surface area contributed by atoms with E-state index < -0.39 is 50.1 Å². The number of carbonyl (C=O) groups is 1. The highest BCUT2D eigenvalue weighted by atomic mass is 35.5. The van der Waals surface area contributed by atoms with Crippen LogP contribution in [0.4, 0.5) is 34.6 Å². The van der Waals surface area contributed by atoms with Crippen molar-refractivity contribution in [1.82, 2.24) is 9.55 Å². The summed E-state index contributed by atoms with van der Waals surface area (Å²) in [5.74, 6) is -4.53. The quantitative estimate of drug-likeness (QED) is 0.288. The van der Waals surface area contributed by atoms with Gasteiger partial charge < -0.3 is 14.9 Å². The Balaban J connectivity index is 1.80. The summed E-state index contributed by atoms with van der Waals surface area (Å²) < 4.78 is 85.7. The van der Waals surface area contributed by atoms with Crippen molar-refractivity contribution in [3.8, 4) is 0 Å². The number of hydrogen-bond donors (Lipinski definition) is 1. The Labute approximate surface area is 230 Å². The average molecular weight is 607 g/mol. The molecular weight excluding hydrogens is 584 g/mol. The molecule has 0 amide bonds. The van der Waals surface area contributed by atoms with Crippen molar-refractivity contribution in [2.45, 2.75) is 38.9 Å². The summed E-state index contributed by atoms with van der Waals surface area (Å²) in [7, 11) is -4.67. The number of nitrogens with one attached hydrogen (secondary N) is 1. The molecule has 216 valence electrons. The Hall–Kier alpha value is -3.43. The predicted molar refractivity (Wildman–Crippen MR) is 139 cm³/mol. The lowest BCUT2D eigenvalue weighted by atomic mass is 10.1. The van der Waals surface area contributed by atoms with Crippen LogP contribution in [0.3, 0.4) is 0 Å². The second-order valence-electron chi connectivity index (χ2n) is 8.91. The Morgan fingerprint density at radius 3 is 2.65 bits per heavy atom. The number of fused-ring (bicyclic) bond motifs is 1. The normalized spacial score (nSPS) is 15.8. The number of alkyl halides is 3. The number of rotatable bonds is 8. The van der Waals surface area contributed by atoms with Crippen molar-refractivity contribution in [1.29, 1.82) is 0 Å². The van der Waals surface area contributed by atoms with E-state index in [-0.39, 0.29) is 33.6 Å². The third-order valence-electron chi connectivity index (χ3n) is 6.15. The summed E-state index contributed by atoms with van der Waals surface area (Å²) >= 11 is 6.30. The molecule has 16 heteroatoms. The van der Waals surface area contributed by atoms with Crippen LogP contribution in [0.25, 0.3) is 10.9 Å². The fourth-order valence-corrected chi connectivity index (χ4v) is 5.82. The molecule has 1 aliphatic rings. The van der Waals surface area contributed by atoms with Crippen LogP contribution in [0.1, 0.15) is 31.4 Å². The van der Waals surface area contributed by atoms with Gasteiger partial charge in [-0.25, -0.2) is 22.6 Å². The summed E-state index contributed by atoms with van der Waals surface area (Å²) in [6, 6.07) is 4.27. The molecule has 0 saturated carbocycles. The van der Waals surface area contributed by atoms with Gasteiger partial charge in [0, 0.05) is 12.3 Å². The smallest absolute Gasteiger partial charge is 0.379 e. The summed E-state index contributed by atoms with van der Waals surface area (Å²) in [4.78, 5) is 33.4. The molecule has 1 N–H and O–H groups in total. The largest absolute Gasteiger partial charge is 0.493 e. The number of aromatic nitrogens is 2. The van der Waals surface area contributed by atoms with Gasteiger partial charge >= 0.3 is 12.1 Å². The summed E-state index contributed by atoms with van der Waals surface area (Å²) in [5, 5.41) is 2.21. The molecular formula is C24H23ClF4N4O6S. The summed E-state index contributed by atoms with van der Waals surface area (Å²) in [6.45, 7) is 3.84. The van der Waals surface area contributed by atoms with Crippen molar-refractivity contribution in [3.63, 3.8) is 0 Å². The van der Waals surface area contributed by atoms with Crippen LogP contribution in [0.5, 0.6) is 0 Å². The van der Waals surface area contributed by atoms with E-state index in [4.69, 9.17) is 16.3 Å². The van der Waals surface area contributed by atoms with Crippen LogP contribution in [0.15, 0.2) is 35.4 Å². The standard InChI is InChI=1S/C24H23ClF4N4O6S/c1-3-10-40(36,37)33(39-23(35)24(27,28)29)18-7-4-15(26)21(20(18)25)31-16-5-6-17-19(13(16)2)22(34)32(12-30-17)14-8-9-38-11-14/h4-7,12,14,31H,3,8-11H2,1-2H3/t14-/m0/s1. The number of benzene rings is 2. The number of ether oxygens (including phenoxy) is 1. The monoisotopic (exact) mass is 606 g/mol. The maximum absolute atomic E-state index is 15.0. The van der Waals surface area contributed by atoms with E-state index in [0.29, 0.717) is 30.7 Å². The lowest BCUT2D eigenvalue weighted by Crippen LogP contribution is -2.40. The first-order chi connectivity index (χ1) is 18.8. The molecule has 1 fully saturated rings. The zero-order valence-electron chi connectivity index (χ0n) is 21.1. The molecule has 4 rings (SSSR count). The van der Waals surface area contributed by atoms with E-state index in [2.05, 4.69) is 15.1 Å². The topological polar surface area (TPSA) is 120 Å². The van der Waals surface area contributed by atoms with Gasteiger partial charge in [0.15, 0.2) is 0 Å². The van der Waals surface area contributed by atoms with Gasteiger partial charge in [-0.15, -0.1) is 0 Å². The highest BCUT2D eigenvalue weighted by molar-refractivity contribution is 7.92. The number of hydrogen-bond acceptors (Lipinski definition) is 8. The highest BCUT2D eigenvalue weighted by Gasteiger charge is 2.45. The van der Waals surface area contributed by atoms with Crippen molar-refractivity contribution < 1.29 is 40.3 Å². The second-order valence-corrected chi connectivity index (χ2v) is 11.2. The van der Waals surface area contributed by atoms with E-state index in [9.17, 15) is 35.6 Å². The highest BCUT2D eigenvalue weighted by Crippen LogP contribution is 2.39. The first-order valence-corrected chi connectivity index (χ1v) is 13.9. The van der Waals surface area contributed by atoms with Crippen molar-refractivity contribution >= 4 is 55.6 Å². The zero-order chi connectivity index (χ0) is 29.4.